The number of nitrogens with one attached hydrogen (secondary N) is 1. The molecule has 0 saturated heterocycles. The van der Waals surface area contributed by atoms with Crippen molar-refractivity contribution >= 4 is 11.6 Å². The highest BCUT2D eigenvalue weighted by molar-refractivity contribution is 6.04. The first-order chi connectivity index (χ1) is 15.0. The second-order valence-electron chi connectivity index (χ2n) is 6.55. The number of amides is 1. The fraction of sp³-hybridized carbons (Fsp3) is 0.0870. The molecule has 0 bridgehead atoms. The Labute approximate surface area is 177 Å². The van der Waals surface area contributed by atoms with Crippen LogP contribution in [0.25, 0.3) is 17.1 Å². The topological polar surface area (TPSA) is 69.0 Å². The Morgan fingerprint density at radius 3 is 2.52 bits per heavy atom. The normalized spacial score (nSPS) is 10.7. The van der Waals surface area contributed by atoms with E-state index in [1.807, 2.05) is 6.92 Å². The van der Waals surface area contributed by atoms with Crippen molar-refractivity contribution in [3.8, 4) is 23.1 Å². The van der Waals surface area contributed by atoms with Gasteiger partial charge in [0.25, 0.3) is 5.91 Å². The van der Waals surface area contributed by atoms with Gasteiger partial charge in [0.15, 0.2) is 5.82 Å². The van der Waals surface area contributed by atoms with E-state index in [-0.39, 0.29) is 11.6 Å². The molecule has 1 aromatic heterocycles. The Balaban J connectivity index is 1.63. The number of hydrogen-bond donors (Lipinski definition) is 1. The summed E-state index contributed by atoms with van der Waals surface area (Å²) in [5, 5.41) is 7.01. The number of aromatic nitrogens is 3. The molecule has 0 fully saturated rings. The summed E-state index contributed by atoms with van der Waals surface area (Å²) in [6.45, 7) is 2.20. The molecule has 0 unspecified atom stereocenters. The minimum atomic E-state index is -0.595. The molecule has 0 spiro atoms. The maximum absolute atomic E-state index is 13.8. The van der Waals surface area contributed by atoms with Gasteiger partial charge in [0.05, 0.1) is 17.9 Å². The van der Waals surface area contributed by atoms with E-state index >= 15 is 0 Å². The maximum atomic E-state index is 13.8. The molecule has 0 aliphatic rings. The summed E-state index contributed by atoms with van der Waals surface area (Å²) >= 11 is 0. The minimum absolute atomic E-state index is 0.0439. The number of rotatable bonds is 6. The molecule has 0 aliphatic carbocycles. The molecule has 0 aliphatic heterocycles. The van der Waals surface area contributed by atoms with Crippen molar-refractivity contribution in [3.05, 3.63) is 90.0 Å². The first-order valence-electron chi connectivity index (χ1n) is 9.57. The number of carbonyl (C=O) groups excluding carboxylic acids is 1. The second kappa shape index (κ2) is 8.74. The summed E-state index contributed by atoms with van der Waals surface area (Å²) in [6.07, 6.45) is 0. The van der Waals surface area contributed by atoms with Crippen molar-refractivity contribution in [2.45, 2.75) is 6.92 Å². The molecule has 1 N–H and O–H groups in total. The molecule has 31 heavy (non-hydrogen) atoms. The van der Waals surface area contributed by atoms with E-state index < -0.39 is 17.5 Å². The minimum Gasteiger partial charge on any atom is -0.463 e. The van der Waals surface area contributed by atoms with Crippen LogP contribution in [0.4, 0.5) is 14.5 Å². The highest BCUT2D eigenvalue weighted by atomic mass is 19.1. The number of nitrogens with zero attached hydrogens (tertiary/aromatic N) is 3. The zero-order chi connectivity index (χ0) is 21.8. The molecule has 4 rings (SSSR count). The number of hydrogen-bond acceptors (Lipinski definition) is 4. The van der Waals surface area contributed by atoms with Gasteiger partial charge in [-0.3, -0.25) is 4.79 Å². The van der Waals surface area contributed by atoms with Crippen LogP contribution in [0.5, 0.6) is 6.01 Å². The van der Waals surface area contributed by atoms with Crippen molar-refractivity contribution in [1.82, 2.24) is 14.8 Å². The van der Waals surface area contributed by atoms with E-state index in [0.717, 1.165) is 0 Å². The standard InChI is InChI=1S/C23H18F2N4O2/c1-2-31-23-27-21(15-6-5-7-16(24)14-15)29(28-23)18-12-10-17(11-13-18)26-22(30)19-8-3-4-9-20(19)25/h3-14H,2H2,1H3,(H,26,30). The summed E-state index contributed by atoms with van der Waals surface area (Å²) in [5.41, 5.74) is 1.60. The molecular weight excluding hydrogens is 402 g/mol. The summed E-state index contributed by atoms with van der Waals surface area (Å²) < 4.78 is 34.5. The predicted octanol–water partition coefficient (Wildman–Crippen LogP) is 4.86. The van der Waals surface area contributed by atoms with Gasteiger partial charge in [0, 0.05) is 11.3 Å². The average Bonchev–Trinajstić information content (AvgIpc) is 3.19. The first-order valence-corrected chi connectivity index (χ1v) is 9.57. The van der Waals surface area contributed by atoms with Gasteiger partial charge in [-0.05, 0) is 55.5 Å². The van der Waals surface area contributed by atoms with Crippen LogP contribution in [0.3, 0.4) is 0 Å². The monoisotopic (exact) mass is 420 g/mol. The fourth-order valence-electron chi connectivity index (χ4n) is 3.01. The van der Waals surface area contributed by atoms with Crippen LogP contribution in [-0.4, -0.2) is 27.3 Å². The third kappa shape index (κ3) is 4.42. The fourth-order valence-corrected chi connectivity index (χ4v) is 3.01. The molecule has 4 aromatic rings. The number of ether oxygens (including phenoxy) is 1. The van der Waals surface area contributed by atoms with Crippen LogP contribution < -0.4 is 10.1 Å². The lowest BCUT2D eigenvalue weighted by atomic mass is 10.2. The van der Waals surface area contributed by atoms with Gasteiger partial charge < -0.3 is 10.1 Å². The van der Waals surface area contributed by atoms with Crippen LogP contribution in [0.2, 0.25) is 0 Å². The third-order valence-corrected chi connectivity index (χ3v) is 4.43. The Morgan fingerprint density at radius 1 is 1.03 bits per heavy atom. The largest absolute Gasteiger partial charge is 0.463 e. The van der Waals surface area contributed by atoms with Gasteiger partial charge in [-0.15, -0.1) is 5.10 Å². The molecule has 156 valence electrons. The zero-order valence-corrected chi connectivity index (χ0v) is 16.5. The SMILES string of the molecule is CCOc1nc(-c2cccc(F)c2)n(-c2ccc(NC(=O)c3ccccc3F)cc2)n1. The van der Waals surface area contributed by atoms with Gasteiger partial charge in [-0.2, -0.15) is 4.98 Å². The summed E-state index contributed by atoms with van der Waals surface area (Å²) in [5.74, 6) is -1.13. The van der Waals surface area contributed by atoms with Crippen LogP contribution in [-0.2, 0) is 0 Å². The van der Waals surface area contributed by atoms with E-state index in [4.69, 9.17) is 4.74 Å². The van der Waals surface area contributed by atoms with Crippen molar-refractivity contribution in [3.63, 3.8) is 0 Å². The quantitative estimate of drug-likeness (QED) is 0.484. The molecule has 0 atom stereocenters. The van der Waals surface area contributed by atoms with Gasteiger partial charge in [-0.1, -0.05) is 24.3 Å². The van der Waals surface area contributed by atoms with Crippen LogP contribution >= 0.6 is 0 Å². The Kier molecular flexibility index (Phi) is 5.70. The van der Waals surface area contributed by atoms with Crippen LogP contribution in [0.15, 0.2) is 72.8 Å². The number of carbonyl (C=O) groups is 1. The van der Waals surface area contributed by atoms with Gasteiger partial charge in [0.1, 0.15) is 11.6 Å². The Bertz CT molecular complexity index is 1220. The Morgan fingerprint density at radius 2 is 1.81 bits per heavy atom. The number of benzene rings is 3. The van der Waals surface area contributed by atoms with Gasteiger partial charge in [-0.25, -0.2) is 13.5 Å². The van der Waals surface area contributed by atoms with Crippen molar-refractivity contribution in [2.24, 2.45) is 0 Å². The highest BCUT2D eigenvalue weighted by Crippen LogP contribution is 2.25. The van der Waals surface area contributed by atoms with Crippen molar-refractivity contribution in [2.75, 3.05) is 11.9 Å². The number of halogens is 2. The van der Waals surface area contributed by atoms with Crippen molar-refractivity contribution in [1.29, 1.82) is 0 Å². The van der Waals surface area contributed by atoms with E-state index in [9.17, 15) is 13.6 Å². The summed E-state index contributed by atoms with van der Waals surface area (Å²) in [7, 11) is 0. The third-order valence-electron chi connectivity index (χ3n) is 4.43. The van der Waals surface area contributed by atoms with E-state index in [1.54, 1.807) is 42.5 Å². The summed E-state index contributed by atoms with van der Waals surface area (Å²) in [4.78, 5) is 16.7. The molecule has 0 radical (unpaired) electrons. The molecule has 0 saturated carbocycles. The van der Waals surface area contributed by atoms with Crippen molar-refractivity contribution < 1.29 is 18.3 Å². The van der Waals surface area contributed by atoms with Crippen LogP contribution in [0, 0.1) is 11.6 Å². The lowest BCUT2D eigenvalue weighted by Crippen LogP contribution is -2.13. The van der Waals surface area contributed by atoms with E-state index in [0.29, 0.717) is 29.4 Å². The highest BCUT2D eigenvalue weighted by Gasteiger charge is 2.16. The molecule has 1 amide bonds. The average molecular weight is 420 g/mol. The van der Waals surface area contributed by atoms with Gasteiger partial charge >= 0.3 is 6.01 Å². The molecule has 8 heteroatoms. The Hall–Kier alpha value is -4.07. The predicted molar refractivity (Wildman–Crippen MR) is 112 cm³/mol. The lowest BCUT2D eigenvalue weighted by Gasteiger charge is -2.09. The smallest absolute Gasteiger partial charge is 0.336 e. The summed E-state index contributed by atoms with van der Waals surface area (Å²) in [6, 6.07) is 18.7. The lowest BCUT2D eigenvalue weighted by molar-refractivity contribution is 0.102. The maximum Gasteiger partial charge on any atom is 0.336 e. The zero-order valence-electron chi connectivity index (χ0n) is 16.5. The van der Waals surface area contributed by atoms with Crippen LogP contribution in [0.1, 0.15) is 17.3 Å². The molecular formula is C23H18F2N4O2. The van der Waals surface area contributed by atoms with E-state index in [2.05, 4.69) is 15.4 Å². The molecule has 1 heterocycles. The number of anilines is 1. The second-order valence-corrected chi connectivity index (χ2v) is 6.55. The molecule has 3 aromatic carbocycles. The first kappa shape index (κ1) is 20.2. The van der Waals surface area contributed by atoms with E-state index in [1.165, 1.54) is 35.0 Å². The molecule has 6 nitrogen and oxygen atoms in total. The van der Waals surface area contributed by atoms with Gasteiger partial charge in [0.2, 0.25) is 0 Å².